The number of likely N-dealkylation sites (N-methyl/N-ethyl adjacent to an activating group) is 1. The number of thiocarbonyl (C=S) groups is 1. The smallest absolute Gasteiger partial charge is 0.257 e. The van der Waals surface area contributed by atoms with Gasteiger partial charge in [0.05, 0.1) is 6.42 Å². The first kappa shape index (κ1) is 17.6. The lowest BCUT2D eigenvalue weighted by molar-refractivity contribution is -0.119. The molecule has 6 heteroatoms. The standard InChI is InChI=1S/C18H19N3O2S/c1-12-4-3-5-14(10-12)17(23)21-18(24)20-15-8-6-13(7-9-15)11-16(22)19-2/h3-10H,11H2,1-2H3,(H,19,22)(H2,20,21,23,24). The van der Waals surface area contributed by atoms with Gasteiger partial charge in [0.25, 0.3) is 5.91 Å². The van der Waals surface area contributed by atoms with E-state index >= 15 is 0 Å². The minimum Gasteiger partial charge on any atom is -0.359 e. The summed E-state index contributed by atoms with van der Waals surface area (Å²) in [6, 6.07) is 14.6. The summed E-state index contributed by atoms with van der Waals surface area (Å²) in [6.07, 6.45) is 0.325. The number of aryl methyl sites for hydroxylation is 1. The Morgan fingerprint density at radius 1 is 1.08 bits per heavy atom. The van der Waals surface area contributed by atoms with E-state index in [9.17, 15) is 9.59 Å². The molecule has 2 aromatic carbocycles. The third-order valence-corrected chi connectivity index (χ3v) is 3.57. The van der Waals surface area contributed by atoms with Crippen LogP contribution < -0.4 is 16.0 Å². The highest BCUT2D eigenvalue weighted by Crippen LogP contribution is 2.10. The van der Waals surface area contributed by atoms with Crippen LogP contribution in [0.4, 0.5) is 5.69 Å². The van der Waals surface area contributed by atoms with E-state index in [1.54, 1.807) is 19.2 Å². The Kier molecular flexibility index (Phi) is 6.03. The molecule has 124 valence electrons. The van der Waals surface area contributed by atoms with Gasteiger partial charge in [0.2, 0.25) is 5.91 Å². The van der Waals surface area contributed by atoms with Crippen molar-refractivity contribution in [2.24, 2.45) is 0 Å². The fourth-order valence-electron chi connectivity index (χ4n) is 2.10. The summed E-state index contributed by atoms with van der Waals surface area (Å²) in [7, 11) is 1.60. The van der Waals surface area contributed by atoms with Crippen molar-refractivity contribution in [1.29, 1.82) is 0 Å². The summed E-state index contributed by atoms with van der Waals surface area (Å²) in [6.45, 7) is 1.92. The molecule has 2 aromatic rings. The van der Waals surface area contributed by atoms with E-state index in [2.05, 4.69) is 16.0 Å². The second-order valence-corrected chi connectivity index (χ2v) is 5.73. The maximum Gasteiger partial charge on any atom is 0.257 e. The van der Waals surface area contributed by atoms with Gasteiger partial charge in [-0.3, -0.25) is 14.9 Å². The summed E-state index contributed by atoms with van der Waals surface area (Å²) in [5, 5.41) is 8.40. The Hall–Kier alpha value is -2.73. The largest absolute Gasteiger partial charge is 0.359 e. The second-order valence-electron chi connectivity index (χ2n) is 5.32. The molecule has 0 radical (unpaired) electrons. The highest BCUT2D eigenvalue weighted by Gasteiger charge is 2.08. The summed E-state index contributed by atoms with van der Waals surface area (Å²) < 4.78 is 0. The predicted molar refractivity (Wildman–Crippen MR) is 99.1 cm³/mol. The van der Waals surface area contributed by atoms with Gasteiger partial charge in [-0.05, 0) is 49.0 Å². The Morgan fingerprint density at radius 2 is 1.79 bits per heavy atom. The number of anilines is 1. The van der Waals surface area contributed by atoms with Gasteiger partial charge in [-0.2, -0.15) is 0 Å². The third kappa shape index (κ3) is 5.17. The first-order valence-electron chi connectivity index (χ1n) is 7.46. The number of rotatable bonds is 4. The number of amides is 2. The Bertz CT molecular complexity index is 757. The average molecular weight is 341 g/mol. The molecule has 5 nitrogen and oxygen atoms in total. The zero-order valence-electron chi connectivity index (χ0n) is 13.6. The topological polar surface area (TPSA) is 70.2 Å². The van der Waals surface area contributed by atoms with Gasteiger partial charge >= 0.3 is 0 Å². The second kappa shape index (κ2) is 8.21. The fourth-order valence-corrected chi connectivity index (χ4v) is 2.31. The molecule has 0 aliphatic rings. The lowest BCUT2D eigenvalue weighted by atomic mass is 10.1. The van der Waals surface area contributed by atoms with Crippen molar-refractivity contribution in [2.75, 3.05) is 12.4 Å². The quantitative estimate of drug-likeness (QED) is 0.747. The van der Waals surface area contributed by atoms with Crippen LogP contribution in [0, 0.1) is 6.92 Å². The lowest BCUT2D eigenvalue weighted by Gasteiger charge is -2.10. The highest BCUT2D eigenvalue weighted by atomic mass is 32.1. The van der Waals surface area contributed by atoms with Crippen molar-refractivity contribution in [1.82, 2.24) is 10.6 Å². The van der Waals surface area contributed by atoms with E-state index in [1.165, 1.54) is 0 Å². The Balaban J connectivity index is 1.92. The normalized spacial score (nSPS) is 9.92. The first-order valence-corrected chi connectivity index (χ1v) is 7.87. The molecule has 0 unspecified atom stereocenters. The molecule has 3 N–H and O–H groups in total. The molecule has 0 heterocycles. The maximum atomic E-state index is 12.1. The number of carbonyl (C=O) groups is 2. The molecule has 0 saturated heterocycles. The van der Waals surface area contributed by atoms with Crippen LogP contribution in [-0.2, 0) is 11.2 Å². The lowest BCUT2D eigenvalue weighted by Crippen LogP contribution is -2.34. The van der Waals surface area contributed by atoms with E-state index < -0.39 is 0 Å². The van der Waals surface area contributed by atoms with Crippen molar-refractivity contribution in [2.45, 2.75) is 13.3 Å². The SMILES string of the molecule is CNC(=O)Cc1ccc(NC(=S)NC(=O)c2cccc(C)c2)cc1. The van der Waals surface area contributed by atoms with E-state index in [0.717, 1.165) is 16.8 Å². The van der Waals surface area contributed by atoms with Crippen molar-refractivity contribution in [3.05, 3.63) is 65.2 Å². The van der Waals surface area contributed by atoms with Gasteiger partial charge < -0.3 is 10.6 Å². The average Bonchev–Trinajstić information content (AvgIpc) is 2.56. The molecule has 2 rings (SSSR count). The minimum absolute atomic E-state index is 0.0448. The molecule has 0 atom stereocenters. The van der Waals surface area contributed by atoms with Crippen LogP contribution in [0.5, 0.6) is 0 Å². The summed E-state index contributed by atoms with van der Waals surface area (Å²) in [5.74, 6) is -0.302. The molecule has 2 amide bonds. The summed E-state index contributed by atoms with van der Waals surface area (Å²) in [5.41, 5.74) is 3.20. The Labute approximate surface area is 146 Å². The van der Waals surface area contributed by atoms with Crippen LogP contribution in [0.2, 0.25) is 0 Å². The molecule has 0 saturated carbocycles. The highest BCUT2D eigenvalue weighted by molar-refractivity contribution is 7.80. The van der Waals surface area contributed by atoms with Crippen molar-refractivity contribution in [3.8, 4) is 0 Å². The van der Waals surface area contributed by atoms with Gasteiger partial charge in [0.15, 0.2) is 5.11 Å². The van der Waals surface area contributed by atoms with Crippen LogP contribution in [-0.4, -0.2) is 24.0 Å². The van der Waals surface area contributed by atoms with Gasteiger partial charge in [0, 0.05) is 18.3 Å². The number of carbonyl (C=O) groups excluding carboxylic acids is 2. The van der Waals surface area contributed by atoms with E-state index in [1.807, 2.05) is 43.3 Å². The first-order chi connectivity index (χ1) is 11.5. The van der Waals surface area contributed by atoms with Crippen LogP contribution >= 0.6 is 12.2 Å². The molecular weight excluding hydrogens is 322 g/mol. The zero-order chi connectivity index (χ0) is 17.5. The van der Waals surface area contributed by atoms with Crippen molar-refractivity contribution < 1.29 is 9.59 Å². The van der Waals surface area contributed by atoms with E-state index in [-0.39, 0.29) is 16.9 Å². The fraction of sp³-hybridized carbons (Fsp3) is 0.167. The number of nitrogens with one attached hydrogen (secondary N) is 3. The molecule has 24 heavy (non-hydrogen) atoms. The van der Waals surface area contributed by atoms with E-state index in [4.69, 9.17) is 12.2 Å². The molecule has 0 aromatic heterocycles. The van der Waals surface area contributed by atoms with Crippen LogP contribution in [0.3, 0.4) is 0 Å². The molecule has 0 aliphatic carbocycles. The Morgan fingerprint density at radius 3 is 2.42 bits per heavy atom. The monoisotopic (exact) mass is 341 g/mol. The molecule has 0 spiro atoms. The molecule has 0 aliphatic heterocycles. The van der Waals surface area contributed by atoms with Gasteiger partial charge in [-0.25, -0.2) is 0 Å². The zero-order valence-corrected chi connectivity index (χ0v) is 14.4. The number of hydrogen-bond acceptors (Lipinski definition) is 3. The third-order valence-electron chi connectivity index (χ3n) is 3.36. The van der Waals surface area contributed by atoms with Crippen LogP contribution in [0.1, 0.15) is 21.5 Å². The maximum absolute atomic E-state index is 12.1. The minimum atomic E-state index is -0.257. The van der Waals surface area contributed by atoms with E-state index in [0.29, 0.717) is 12.0 Å². The molecular formula is C18H19N3O2S. The van der Waals surface area contributed by atoms with Crippen molar-refractivity contribution in [3.63, 3.8) is 0 Å². The molecule has 0 bridgehead atoms. The number of hydrogen-bond donors (Lipinski definition) is 3. The van der Waals surface area contributed by atoms with Crippen LogP contribution in [0.25, 0.3) is 0 Å². The predicted octanol–water partition coefficient (Wildman–Crippen LogP) is 2.41. The van der Waals surface area contributed by atoms with Crippen molar-refractivity contribution >= 4 is 34.8 Å². The van der Waals surface area contributed by atoms with Gasteiger partial charge in [0.1, 0.15) is 0 Å². The summed E-state index contributed by atoms with van der Waals surface area (Å²) >= 11 is 5.16. The van der Waals surface area contributed by atoms with Crippen LogP contribution in [0.15, 0.2) is 48.5 Å². The number of benzene rings is 2. The summed E-state index contributed by atoms with van der Waals surface area (Å²) in [4.78, 5) is 23.5. The molecule has 0 fully saturated rings. The van der Waals surface area contributed by atoms with Gasteiger partial charge in [-0.15, -0.1) is 0 Å². The van der Waals surface area contributed by atoms with Gasteiger partial charge in [-0.1, -0.05) is 29.8 Å².